The summed E-state index contributed by atoms with van der Waals surface area (Å²) in [6.07, 6.45) is 0.533. The average molecular weight is 229 g/mol. The summed E-state index contributed by atoms with van der Waals surface area (Å²) in [5.74, 6) is 0.221. The zero-order valence-corrected chi connectivity index (χ0v) is 11.2. The molecule has 0 saturated heterocycles. The van der Waals surface area contributed by atoms with Gasteiger partial charge in [-0.05, 0) is 44.4 Å². The van der Waals surface area contributed by atoms with E-state index in [9.17, 15) is 4.79 Å². The highest BCUT2D eigenvalue weighted by molar-refractivity contribution is 5.92. The molecule has 0 aliphatic carbocycles. The number of ketones is 1. The molecule has 17 heavy (non-hydrogen) atoms. The first-order valence-electron chi connectivity index (χ1n) is 5.97. The number of aryl methyl sites for hydroxylation is 3. The number of aromatic nitrogens is 1. The van der Waals surface area contributed by atoms with Crippen molar-refractivity contribution in [3.8, 4) is 0 Å². The fraction of sp³-hybridized carbons (Fsp3) is 0.400. The number of hydrogen-bond donors (Lipinski definition) is 0. The Balaban J connectivity index is 2.82. The smallest absolute Gasteiger partial charge is 0.134 e. The van der Waals surface area contributed by atoms with Crippen LogP contribution >= 0.6 is 0 Å². The van der Waals surface area contributed by atoms with Crippen molar-refractivity contribution in [3.63, 3.8) is 0 Å². The lowest BCUT2D eigenvalue weighted by Crippen LogP contribution is -1.99. The molecule has 0 radical (unpaired) electrons. The lowest BCUT2D eigenvalue weighted by Gasteiger charge is -2.05. The number of fused-ring (bicyclic) bond motifs is 1. The lowest BCUT2D eigenvalue weighted by atomic mass is 10.0. The maximum Gasteiger partial charge on any atom is 0.134 e. The average Bonchev–Trinajstić information content (AvgIpc) is 2.49. The fourth-order valence-corrected chi connectivity index (χ4v) is 2.51. The molecule has 0 amide bonds. The monoisotopic (exact) mass is 229 g/mol. The van der Waals surface area contributed by atoms with E-state index in [0.29, 0.717) is 6.42 Å². The number of Topliss-reactive ketones (excluding diaryl/α,β-unsaturated/α-hetero) is 1. The third-order valence-corrected chi connectivity index (χ3v) is 3.73. The minimum absolute atomic E-state index is 0.221. The van der Waals surface area contributed by atoms with Gasteiger partial charge in [0.25, 0.3) is 0 Å². The van der Waals surface area contributed by atoms with Gasteiger partial charge in [-0.2, -0.15) is 0 Å². The first kappa shape index (κ1) is 11.9. The van der Waals surface area contributed by atoms with Crippen LogP contribution in [0.15, 0.2) is 12.1 Å². The Morgan fingerprint density at radius 1 is 1.24 bits per heavy atom. The molecule has 1 aromatic heterocycles. The van der Waals surface area contributed by atoms with E-state index in [1.165, 1.54) is 33.3 Å². The van der Waals surface area contributed by atoms with E-state index in [2.05, 4.69) is 44.5 Å². The summed E-state index contributed by atoms with van der Waals surface area (Å²) in [4.78, 5) is 11.4. The van der Waals surface area contributed by atoms with E-state index < -0.39 is 0 Å². The van der Waals surface area contributed by atoms with E-state index in [4.69, 9.17) is 0 Å². The van der Waals surface area contributed by atoms with Gasteiger partial charge in [0.2, 0.25) is 0 Å². The number of carbonyl (C=O) groups is 1. The molecule has 0 fully saturated rings. The van der Waals surface area contributed by atoms with Crippen LogP contribution < -0.4 is 0 Å². The van der Waals surface area contributed by atoms with Crippen molar-refractivity contribution in [1.82, 2.24) is 4.57 Å². The molecule has 0 saturated carbocycles. The van der Waals surface area contributed by atoms with Gasteiger partial charge in [-0.1, -0.05) is 12.1 Å². The Bertz CT molecular complexity index is 605. The maximum atomic E-state index is 11.4. The highest BCUT2D eigenvalue weighted by Gasteiger charge is 2.15. The topological polar surface area (TPSA) is 22.0 Å². The second-order valence-corrected chi connectivity index (χ2v) is 4.91. The summed E-state index contributed by atoms with van der Waals surface area (Å²) >= 11 is 0. The van der Waals surface area contributed by atoms with Gasteiger partial charge in [0.1, 0.15) is 5.78 Å². The Hall–Kier alpha value is -1.57. The van der Waals surface area contributed by atoms with E-state index in [-0.39, 0.29) is 5.78 Å². The van der Waals surface area contributed by atoms with E-state index >= 15 is 0 Å². The summed E-state index contributed by atoms with van der Waals surface area (Å²) < 4.78 is 2.20. The van der Waals surface area contributed by atoms with Crippen LogP contribution in [-0.4, -0.2) is 10.4 Å². The van der Waals surface area contributed by atoms with Crippen molar-refractivity contribution in [2.24, 2.45) is 7.05 Å². The molecule has 0 atom stereocenters. The van der Waals surface area contributed by atoms with Crippen LogP contribution in [0.4, 0.5) is 0 Å². The second-order valence-electron chi connectivity index (χ2n) is 4.91. The predicted octanol–water partition coefficient (Wildman–Crippen LogP) is 3.24. The predicted molar refractivity (Wildman–Crippen MR) is 71.5 cm³/mol. The largest absolute Gasteiger partial charge is 0.347 e. The van der Waals surface area contributed by atoms with Crippen molar-refractivity contribution in [1.29, 1.82) is 0 Å². The Morgan fingerprint density at radius 2 is 1.88 bits per heavy atom. The molecule has 2 rings (SSSR count). The molecule has 0 spiro atoms. The summed E-state index contributed by atoms with van der Waals surface area (Å²) in [6, 6.07) is 4.28. The Morgan fingerprint density at radius 3 is 2.47 bits per heavy atom. The number of rotatable bonds is 2. The van der Waals surface area contributed by atoms with Crippen LogP contribution in [0.3, 0.4) is 0 Å². The first-order chi connectivity index (χ1) is 7.93. The van der Waals surface area contributed by atoms with Gasteiger partial charge < -0.3 is 4.57 Å². The molecule has 90 valence electrons. The molecule has 0 aliphatic rings. The zero-order valence-electron chi connectivity index (χ0n) is 11.2. The molecule has 2 nitrogen and oxygen atoms in total. The zero-order chi connectivity index (χ0) is 12.7. The van der Waals surface area contributed by atoms with Gasteiger partial charge in [0, 0.05) is 24.5 Å². The molecule has 1 heterocycles. The Labute approximate surface area is 102 Å². The summed E-state index contributed by atoms with van der Waals surface area (Å²) in [6.45, 7) is 8.02. The van der Waals surface area contributed by atoms with Crippen LogP contribution in [0.1, 0.15) is 29.3 Å². The van der Waals surface area contributed by atoms with Gasteiger partial charge >= 0.3 is 0 Å². The molecule has 0 N–H and O–H groups in total. The first-order valence-corrected chi connectivity index (χ1v) is 5.97. The normalized spacial score (nSPS) is 11.1. The Kier molecular flexibility index (Phi) is 2.82. The molecular weight excluding hydrogens is 210 g/mol. The van der Waals surface area contributed by atoms with Gasteiger partial charge in [0.15, 0.2) is 0 Å². The van der Waals surface area contributed by atoms with Crippen molar-refractivity contribution in [3.05, 3.63) is 34.5 Å². The SMILES string of the molecule is CC(=O)Cc1c(C)n(C)c2c(C)c(C)ccc12. The van der Waals surface area contributed by atoms with Gasteiger partial charge in [-0.25, -0.2) is 0 Å². The van der Waals surface area contributed by atoms with Crippen LogP contribution in [0.5, 0.6) is 0 Å². The van der Waals surface area contributed by atoms with Gasteiger partial charge in [0.05, 0.1) is 5.52 Å². The van der Waals surface area contributed by atoms with Crippen LogP contribution in [-0.2, 0) is 18.3 Å². The van der Waals surface area contributed by atoms with Crippen molar-refractivity contribution >= 4 is 16.7 Å². The van der Waals surface area contributed by atoms with Gasteiger partial charge in [-0.15, -0.1) is 0 Å². The van der Waals surface area contributed by atoms with E-state index in [1.54, 1.807) is 6.92 Å². The quantitative estimate of drug-likeness (QED) is 0.775. The minimum Gasteiger partial charge on any atom is -0.347 e. The van der Waals surface area contributed by atoms with Crippen molar-refractivity contribution < 1.29 is 4.79 Å². The van der Waals surface area contributed by atoms with Crippen molar-refractivity contribution in [2.75, 3.05) is 0 Å². The summed E-state index contributed by atoms with van der Waals surface area (Å²) in [5.41, 5.74) is 6.25. The fourth-order valence-electron chi connectivity index (χ4n) is 2.51. The number of benzene rings is 1. The van der Waals surface area contributed by atoms with Crippen molar-refractivity contribution in [2.45, 2.75) is 34.1 Å². The molecule has 2 heteroatoms. The number of carbonyl (C=O) groups excluding carboxylic acids is 1. The molecule has 0 aliphatic heterocycles. The molecule has 0 bridgehead atoms. The van der Waals surface area contributed by atoms with Crippen LogP contribution in [0.2, 0.25) is 0 Å². The minimum atomic E-state index is 0.221. The standard InChI is InChI=1S/C15H19NO/c1-9-6-7-13-14(8-10(2)17)12(4)16(5)15(13)11(9)3/h6-7H,8H2,1-5H3. The third kappa shape index (κ3) is 1.78. The second kappa shape index (κ2) is 4.02. The van der Waals surface area contributed by atoms with Crippen LogP contribution in [0, 0.1) is 20.8 Å². The molecule has 1 aromatic carbocycles. The van der Waals surface area contributed by atoms with Gasteiger partial charge in [-0.3, -0.25) is 4.79 Å². The molecule has 2 aromatic rings. The highest BCUT2D eigenvalue weighted by Crippen LogP contribution is 2.29. The van der Waals surface area contributed by atoms with E-state index in [1.807, 2.05) is 0 Å². The number of hydrogen-bond acceptors (Lipinski definition) is 1. The maximum absolute atomic E-state index is 11.4. The van der Waals surface area contributed by atoms with Crippen LogP contribution in [0.25, 0.3) is 10.9 Å². The number of nitrogens with zero attached hydrogens (tertiary/aromatic N) is 1. The highest BCUT2D eigenvalue weighted by atomic mass is 16.1. The third-order valence-electron chi connectivity index (χ3n) is 3.73. The summed E-state index contributed by atoms with van der Waals surface area (Å²) in [7, 11) is 2.08. The lowest BCUT2D eigenvalue weighted by molar-refractivity contribution is -0.116. The summed E-state index contributed by atoms with van der Waals surface area (Å²) in [5, 5.41) is 1.23. The van der Waals surface area contributed by atoms with E-state index in [0.717, 1.165) is 0 Å². The molecule has 0 unspecified atom stereocenters. The molecular formula is C15H19NO.